The van der Waals surface area contributed by atoms with Crippen molar-refractivity contribution >= 4 is 5.78 Å². The van der Waals surface area contributed by atoms with Gasteiger partial charge in [-0.25, -0.2) is 0 Å². The average molecular weight is 332 g/mol. The molecule has 0 heterocycles. The van der Waals surface area contributed by atoms with Gasteiger partial charge in [-0.05, 0) is 12.2 Å². The minimum absolute atomic E-state index is 0.00595. The van der Waals surface area contributed by atoms with E-state index in [1.807, 2.05) is 6.08 Å². The molecule has 24 heavy (non-hydrogen) atoms. The second-order valence-corrected chi connectivity index (χ2v) is 5.19. The van der Waals surface area contributed by atoms with Crippen LogP contribution in [0.25, 0.3) is 0 Å². The Morgan fingerprint density at radius 1 is 1.17 bits per heavy atom. The lowest BCUT2D eigenvalue weighted by atomic mass is 9.96. The van der Waals surface area contributed by atoms with E-state index in [0.29, 0.717) is 17.9 Å². The smallest absolute Gasteiger partial charge is 0.193 e. The Labute approximate surface area is 140 Å². The summed E-state index contributed by atoms with van der Waals surface area (Å²) < 4.78 is 15.5. The van der Waals surface area contributed by atoms with Gasteiger partial charge in [0.1, 0.15) is 28.6 Å². The van der Waals surface area contributed by atoms with E-state index in [1.54, 1.807) is 26.4 Å². The van der Waals surface area contributed by atoms with Crippen LogP contribution in [-0.2, 0) is 9.47 Å². The highest BCUT2D eigenvalue weighted by Crippen LogP contribution is 2.33. The minimum atomic E-state index is -0.418. The van der Waals surface area contributed by atoms with E-state index in [4.69, 9.17) is 14.2 Å². The molecule has 0 fully saturated rings. The maximum absolute atomic E-state index is 12.4. The van der Waals surface area contributed by atoms with Gasteiger partial charge in [0.25, 0.3) is 0 Å². The van der Waals surface area contributed by atoms with Gasteiger partial charge in [0.2, 0.25) is 0 Å². The van der Waals surface area contributed by atoms with Crippen LogP contribution in [0.2, 0.25) is 0 Å². The highest BCUT2D eigenvalue weighted by molar-refractivity contribution is 6.08. The van der Waals surface area contributed by atoms with Crippen molar-refractivity contribution in [1.29, 1.82) is 0 Å². The SMILES string of the molecule is COC1=C(OC)CC(C=CC(=O)c2c(O)cc(O)cc2OC)C=C1. The predicted molar refractivity (Wildman–Crippen MR) is 88.1 cm³/mol. The molecule has 1 aliphatic carbocycles. The zero-order valence-corrected chi connectivity index (χ0v) is 13.8. The summed E-state index contributed by atoms with van der Waals surface area (Å²) in [5.74, 6) is 0.507. The molecule has 1 unspecified atom stereocenters. The van der Waals surface area contributed by atoms with Gasteiger partial charge in [-0.3, -0.25) is 4.79 Å². The van der Waals surface area contributed by atoms with Crippen LogP contribution in [0.1, 0.15) is 16.8 Å². The fourth-order valence-electron chi connectivity index (χ4n) is 2.47. The molecule has 6 nitrogen and oxygen atoms in total. The lowest BCUT2D eigenvalue weighted by Crippen LogP contribution is -2.07. The molecule has 1 aliphatic rings. The summed E-state index contributed by atoms with van der Waals surface area (Å²) in [6.45, 7) is 0. The number of aromatic hydroxyl groups is 2. The van der Waals surface area contributed by atoms with Gasteiger partial charge in [0, 0.05) is 24.5 Å². The predicted octanol–water partition coefficient (Wildman–Crippen LogP) is 2.93. The third kappa shape index (κ3) is 3.71. The number of ether oxygens (including phenoxy) is 3. The molecule has 128 valence electrons. The van der Waals surface area contributed by atoms with Crippen LogP contribution in [0.5, 0.6) is 17.2 Å². The molecule has 0 saturated carbocycles. The standard InChI is InChI=1S/C18H20O6/c1-22-15-7-5-11(8-16(15)23-2)4-6-13(20)18-14(21)9-12(19)10-17(18)24-3/h4-7,9-11,19,21H,8H2,1-3H3. The van der Waals surface area contributed by atoms with Crippen LogP contribution in [0.4, 0.5) is 0 Å². The summed E-state index contributed by atoms with van der Waals surface area (Å²) in [6, 6.07) is 2.37. The van der Waals surface area contributed by atoms with Gasteiger partial charge in [-0.15, -0.1) is 0 Å². The summed E-state index contributed by atoms with van der Waals surface area (Å²) >= 11 is 0. The van der Waals surface area contributed by atoms with Crippen molar-refractivity contribution < 1.29 is 29.2 Å². The first-order chi connectivity index (χ1) is 11.5. The van der Waals surface area contributed by atoms with Gasteiger partial charge in [0.05, 0.1) is 21.3 Å². The molecule has 0 spiro atoms. The average Bonchev–Trinajstić information content (AvgIpc) is 2.58. The van der Waals surface area contributed by atoms with E-state index in [9.17, 15) is 15.0 Å². The van der Waals surface area contributed by atoms with Crippen LogP contribution in [0, 0.1) is 5.92 Å². The molecule has 2 rings (SSSR count). The third-order valence-electron chi connectivity index (χ3n) is 3.68. The Kier molecular flexibility index (Phi) is 5.52. The normalized spacial score (nSPS) is 17.2. The maximum atomic E-state index is 12.4. The zero-order chi connectivity index (χ0) is 17.7. The quantitative estimate of drug-likeness (QED) is 0.615. The van der Waals surface area contributed by atoms with Crippen LogP contribution >= 0.6 is 0 Å². The number of carbonyl (C=O) groups excluding carboxylic acids is 1. The van der Waals surface area contributed by atoms with Crippen molar-refractivity contribution in [3.05, 3.63) is 53.5 Å². The van der Waals surface area contributed by atoms with Gasteiger partial charge < -0.3 is 24.4 Å². The van der Waals surface area contributed by atoms with Gasteiger partial charge in [-0.1, -0.05) is 12.2 Å². The Morgan fingerprint density at radius 3 is 2.54 bits per heavy atom. The summed E-state index contributed by atoms with van der Waals surface area (Å²) in [4.78, 5) is 12.4. The van der Waals surface area contributed by atoms with Gasteiger partial charge >= 0.3 is 0 Å². The molecule has 0 amide bonds. The van der Waals surface area contributed by atoms with Crippen LogP contribution in [0.15, 0.2) is 48.0 Å². The molecular formula is C18H20O6. The summed E-state index contributed by atoms with van der Waals surface area (Å²) in [5.41, 5.74) is 0.00595. The lowest BCUT2D eigenvalue weighted by molar-refractivity contribution is 0.104. The number of phenolic OH excluding ortho intramolecular Hbond substituents is 2. The van der Waals surface area contributed by atoms with Crippen molar-refractivity contribution in [2.75, 3.05) is 21.3 Å². The van der Waals surface area contributed by atoms with E-state index < -0.39 is 5.78 Å². The number of hydrogen-bond donors (Lipinski definition) is 2. The minimum Gasteiger partial charge on any atom is -0.508 e. The highest BCUT2D eigenvalue weighted by Gasteiger charge is 2.19. The summed E-state index contributed by atoms with van der Waals surface area (Å²) in [7, 11) is 4.50. The number of rotatable bonds is 6. The number of ketones is 1. The van der Waals surface area contributed by atoms with E-state index in [2.05, 4.69) is 0 Å². The fourth-order valence-corrected chi connectivity index (χ4v) is 2.47. The van der Waals surface area contributed by atoms with E-state index in [0.717, 1.165) is 6.07 Å². The fraction of sp³-hybridized carbons (Fsp3) is 0.278. The molecule has 0 saturated heterocycles. The largest absolute Gasteiger partial charge is 0.508 e. The number of benzene rings is 1. The molecule has 1 aromatic carbocycles. The number of allylic oxidation sites excluding steroid dienone is 5. The first-order valence-electron chi connectivity index (χ1n) is 7.32. The molecular weight excluding hydrogens is 312 g/mol. The van der Waals surface area contributed by atoms with Crippen molar-refractivity contribution in [3.8, 4) is 17.2 Å². The molecule has 0 bridgehead atoms. The Bertz CT molecular complexity index is 714. The monoisotopic (exact) mass is 332 g/mol. The Hall–Kier alpha value is -2.89. The number of carbonyl (C=O) groups is 1. The lowest BCUT2D eigenvalue weighted by Gasteiger charge is -2.18. The van der Waals surface area contributed by atoms with Gasteiger partial charge in [0.15, 0.2) is 11.5 Å². The van der Waals surface area contributed by atoms with Crippen molar-refractivity contribution in [1.82, 2.24) is 0 Å². The number of methoxy groups -OCH3 is 3. The first-order valence-corrected chi connectivity index (χ1v) is 7.32. The molecule has 1 atom stereocenters. The molecule has 0 radical (unpaired) electrons. The van der Waals surface area contributed by atoms with E-state index in [1.165, 1.54) is 19.3 Å². The molecule has 0 aliphatic heterocycles. The van der Waals surface area contributed by atoms with Crippen LogP contribution in [0.3, 0.4) is 0 Å². The van der Waals surface area contributed by atoms with Crippen LogP contribution < -0.4 is 4.74 Å². The number of phenols is 2. The Balaban J connectivity index is 2.18. The highest BCUT2D eigenvalue weighted by atomic mass is 16.5. The van der Waals surface area contributed by atoms with Crippen LogP contribution in [-0.4, -0.2) is 37.3 Å². The zero-order valence-electron chi connectivity index (χ0n) is 13.8. The first kappa shape index (κ1) is 17.5. The Morgan fingerprint density at radius 2 is 1.92 bits per heavy atom. The van der Waals surface area contributed by atoms with Crippen molar-refractivity contribution in [2.45, 2.75) is 6.42 Å². The van der Waals surface area contributed by atoms with Crippen molar-refractivity contribution in [2.24, 2.45) is 5.92 Å². The molecule has 6 heteroatoms. The maximum Gasteiger partial charge on any atom is 0.193 e. The van der Waals surface area contributed by atoms with E-state index >= 15 is 0 Å². The van der Waals surface area contributed by atoms with Crippen molar-refractivity contribution in [3.63, 3.8) is 0 Å². The second kappa shape index (κ2) is 7.59. The molecule has 0 aromatic heterocycles. The third-order valence-corrected chi connectivity index (χ3v) is 3.68. The summed E-state index contributed by atoms with van der Waals surface area (Å²) in [6.07, 6.45) is 7.35. The second-order valence-electron chi connectivity index (χ2n) is 5.19. The topological polar surface area (TPSA) is 85.2 Å². The van der Waals surface area contributed by atoms with Gasteiger partial charge in [-0.2, -0.15) is 0 Å². The molecule has 2 N–H and O–H groups in total. The molecule has 1 aromatic rings. The van der Waals surface area contributed by atoms with E-state index in [-0.39, 0.29) is 28.7 Å². The number of hydrogen-bond acceptors (Lipinski definition) is 6. The summed E-state index contributed by atoms with van der Waals surface area (Å²) in [5, 5.41) is 19.4.